The number of aromatic amines is 1. The fourth-order valence-electron chi connectivity index (χ4n) is 2.45. The molecule has 0 aliphatic carbocycles. The van der Waals surface area contributed by atoms with Gasteiger partial charge in [-0.15, -0.1) is 0 Å². The van der Waals surface area contributed by atoms with E-state index in [4.69, 9.17) is 5.11 Å². The zero-order chi connectivity index (χ0) is 15.5. The molecule has 0 bridgehead atoms. The number of nitrogens with one attached hydrogen (secondary N) is 2. The molecule has 3 N–H and O–H groups in total. The average Bonchev–Trinajstić information content (AvgIpc) is 2.97. The SMILES string of the molecule is CC(CNS(=O)(=O)c1c[nH]c(C(=O)O)c1)N1CCCCC1. The van der Waals surface area contributed by atoms with E-state index in [-0.39, 0.29) is 16.6 Å². The van der Waals surface area contributed by atoms with E-state index < -0.39 is 16.0 Å². The molecule has 0 aromatic carbocycles. The van der Waals surface area contributed by atoms with E-state index in [9.17, 15) is 13.2 Å². The van der Waals surface area contributed by atoms with Gasteiger partial charge in [-0.25, -0.2) is 17.9 Å². The van der Waals surface area contributed by atoms with Crippen LogP contribution in [0.1, 0.15) is 36.7 Å². The summed E-state index contributed by atoms with van der Waals surface area (Å²) in [6.07, 6.45) is 4.72. The fraction of sp³-hybridized carbons (Fsp3) is 0.615. The number of piperidine rings is 1. The van der Waals surface area contributed by atoms with E-state index in [1.165, 1.54) is 12.6 Å². The van der Waals surface area contributed by atoms with Crippen molar-refractivity contribution in [3.8, 4) is 0 Å². The largest absolute Gasteiger partial charge is 0.477 e. The van der Waals surface area contributed by atoms with Gasteiger partial charge >= 0.3 is 5.97 Å². The Morgan fingerprint density at radius 2 is 2.10 bits per heavy atom. The average molecular weight is 315 g/mol. The molecular weight excluding hydrogens is 294 g/mol. The molecule has 1 aromatic heterocycles. The van der Waals surface area contributed by atoms with Gasteiger partial charge in [0.25, 0.3) is 0 Å². The molecule has 2 rings (SSSR count). The van der Waals surface area contributed by atoms with Crippen LogP contribution in [0.2, 0.25) is 0 Å². The van der Waals surface area contributed by atoms with Crippen LogP contribution in [0.5, 0.6) is 0 Å². The van der Waals surface area contributed by atoms with Crippen molar-refractivity contribution in [1.29, 1.82) is 0 Å². The lowest BCUT2D eigenvalue weighted by atomic mass is 10.1. The highest BCUT2D eigenvalue weighted by Gasteiger charge is 2.21. The van der Waals surface area contributed by atoms with Crippen LogP contribution in [0, 0.1) is 0 Å². The van der Waals surface area contributed by atoms with E-state index in [0.29, 0.717) is 6.54 Å². The summed E-state index contributed by atoms with van der Waals surface area (Å²) in [5, 5.41) is 8.80. The second-order valence-electron chi connectivity index (χ2n) is 5.35. The molecule has 1 atom stereocenters. The highest BCUT2D eigenvalue weighted by Crippen LogP contribution is 2.13. The molecule has 21 heavy (non-hydrogen) atoms. The van der Waals surface area contributed by atoms with Gasteiger partial charge < -0.3 is 10.1 Å². The van der Waals surface area contributed by atoms with Gasteiger partial charge in [-0.3, -0.25) is 4.90 Å². The number of aromatic nitrogens is 1. The Bertz CT molecular complexity index is 590. The molecule has 1 fully saturated rings. The van der Waals surface area contributed by atoms with Crippen molar-refractivity contribution < 1.29 is 18.3 Å². The van der Waals surface area contributed by atoms with E-state index in [2.05, 4.69) is 14.6 Å². The topological polar surface area (TPSA) is 102 Å². The summed E-state index contributed by atoms with van der Waals surface area (Å²) in [6, 6.07) is 1.24. The summed E-state index contributed by atoms with van der Waals surface area (Å²) in [5.74, 6) is -1.18. The molecule has 118 valence electrons. The van der Waals surface area contributed by atoms with Crippen molar-refractivity contribution in [3.63, 3.8) is 0 Å². The molecular formula is C13H21N3O4S. The number of H-pyrrole nitrogens is 1. The summed E-state index contributed by atoms with van der Waals surface area (Å²) in [4.78, 5) is 15.4. The van der Waals surface area contributed by atoms with E-state index in [1.807, 2.05) is 6.92 Å². The van der Waals surface area contributed by atoms with Crippen molar-refractivity contribution >= 4 is 16.0 Å². The minimum atomic E-state index is -3.68. The van der Waals surface area contributed by atoms with Gasteiger partial charge in [0.05, 0.1) is 0 Å². The number of carboxylic acids is 1. The van der Waals surface area contributed by atoms with Gasteiger partial charge in [0.2, 0.25) is 10.0 Å². The summed E-state index contributed by atoms with van der Waals surface area (Å²) in [7, 11) is -3.68. The number of sulfonamides is 1. The van der Waals surface area contributed by atoms with Gasteiger partial charge in [0.15, 0.2) is 0 Å². The highest BCUT2D eigenvalue weighted by molar-refractivity contribution is 7.89. The van der Waals surface area contributed by atoms with Gasteiger partial charge in [0, 0.05) is 18.8 Å². The molecule has 7 nitrogen and oxygen atoms in total. The molecule has 1 aliphatic rings. The van der Waals surface area contributed by atoms with Crippen LogP contribution < -0.4 is 4.72 Å². The van der Waals surface area contributed by atoms with Crippen LogP contribution in [0.4, 0.5) is 0 Å². The predicted octanol–water partition coefficient (Wildman–Crippen LogP) is 0.866. The predicted molar refractivity (Wildman–Crippen MR) is 77.8 cm³/mol. The quantitative estimate of drug-likeness (QED) is 0.723. The van der Waals surface area contributed by atoms with Crippen molar-refractivity contribution in [2.75, 3.05) is 19.6 Å². The van der Waals surface area contributed by atoms with Crippen LogP contribution in [-0.2, 0) is 10.0 Å². The van der Waals surface area contributed by atoms with Crippen LogP contribution in [0.15, 0.2) is 17.2 Å². The number of carbonyl (C=O) groups is 1. The van der Waals surface area contributed by atoms with Gasteiger partial charge in [-0.1, -0.05) is 6.42 Å². The third-order valence-corrected chi connectivity index (χ3v) is 5.18. The van der Waals surface area contributed by atoms with Crippen LogP contribution >= 0.6 is 0 Å². The summed E-state index contributed by atoms with van der Waals surface area (Å²) in [5.41, 5.74) is -0.139. The Morgan fingerprint density at radius 3 is 2.67 bits per heavy atom. The first-order valence-electron chi connectivity index (χ1n) is 7.05. The number of aromatic carboxylic acids is 1. The molecule has 0 saturated carbocycles. The molecule has 1 unspecified atom stereocenters. The van der Waals surface area contributed by atoms with E-state index in [0.717, 1.165) is 32.0 Å². The number of hydrogen-bond donors (Lipinski definition) is 3. The number of carboxylic acid groups (broad SMARTS) is 1. The second-order valence-corrected chi connectivity index (χ2v) is 7.12. The van der Waals surface area contributed by atoms with Crippen LogP contribution in [0.3, 0.4) is 0 Å². The Balaban J connectivity index is 1.95. The number of rotatable bonds is 6. The summed E-state index contributed by atoms with van der Waals surface area (Å²) in [6.45, 7) is 4.30. The third-order valence-electron chi connectivity index (χ3n) is 3.78. The zero-order valence-electron chi connectivity index (χ0n) is 12.0. The molecule has 2 heterocycles. The molecule has 0 radical (unpaired) electrons. The maximum absolute atomic E-state index is 12.1. The third kappa shape index (κ3) is 4.05. The standard InChI is InChI=1S/C13H21N3O4S/c1-10(16-5-3-2-4-6-16)8-15-21(19,20)11-7-12(13(17)18)14-9-11/h7,9-10,14-15H,2-6,8H2,1H3,(H,17,18). The maximum Gasteiger partial charge on any atom is 0.352 e. The Hall–Kier alpha value is -1.38. The van der Waals surface area contributed by atoms with E-state index in [1.54, 1.807) is 0 Å². The maximum atomic E-state index is 12.1. The number of likely N-dealkylation sites (tertiary alicyclic amines) is 1. The Morgan fingerprint density at radius 1 is 1.43 bits per heavy atom. The molecule has 0 amide bonds. The lowest BCUT2D eigenvalue weighted by molar-refractivity contribution is 0.0691. The molecule has 1 aromatic rings. The second kappa shape index (κ2) is 6.59. The minimum Gasteiger partial charge on any atom is -0.477 e. The van der Waals surface area contributed by atoms with Crippen molar-refractivity contribution in [2.45, 2.75) is 37.1 Å². The molecule has 1 aliphatic heterocycles. The fourth-order valence-corrected chi connectivity index (χ4v) is 3.57. The first-order valence-corrected chi connectivity index (χ1v) is 8.54. The van der Waals surface area contributed by atoms with Crippen molar-refractivity contribution in [2.24, 2.45) is 0 Å². The highest BCUT2D eigenvalue weighted by atomic mass is 32.2. The van der Waals surface area contributed by atoms with Gasteiger partial charge in [-0.2, -0.15) is 0 Å². The zero-order valence-corrected chi connectivity index (χ0v) is 12.8. The lowest BCUT2D eigenvalue weighted by Gasteiger charge is -2.32. The number of nitrogens with zero attached hydrogens (tertiary/aromatic N) is 1. The first-order chi connectivity index (χ1) is 9.90. The number of hydrogen-bond acceptors (Lipinski definition) is 4. The van der Waals surface area contributed by atoms with Gasteiger partial charge in [0.1, 0.15) is 10.6 Å². The first kappa shape index (κ1) is 16.0. The smallest absolute Gasteiger partial charge is 0.352 e. The molecule has 0 spiro atoms. The van der Waals surface area contributed by atoms with Crippen molar-refractivity contribution in [3.05, 3.63) is 18.0 Å². The van der Waals surface area contributed by atoms with Crippen LogP contribution in [0.25, 0.3) is 0 Å². The monoisotopic (exact) mass is 315 g/mol. The van der Waals surface area contributed by atoms with E-state index >= 15 is 0 Å². The lowest BCUT2D eigenvalue weighted by Crippen LogP contribution is -2.44. The Labute approximate surface area is 124 Å². The molecule has 1 saturated heterocycles. The summed E-state index contributed by atoms with van der Waals surface area (Å²) < 4.78 is 26.8. The van der Waals surface area contributed by atoms with Crippen LogP contribution in [-0.4, -0.2) is 55.1 Å². The normalized spacial score (nSPS) is 18.5. The Kier molecular flexibility index (Phi) is 5.02. The van der Waals surface area contributed by atoms with Crippen molar-refractivity contribution in [1.82, 2.24) is 14.6 Å². The summed E-state index contributed by atoms with van der Waals surface area (Å²) >= 11 is 0. The van der Waals surface area contributed by atoms with Gasteiger partial charge in [-0.05, 0) is 38.9 Å². The minimum absolute atomic E-state index is 0.0502. The molecule has 8 heteroatoms.